The molecule has 0 aromatic rings. The molecule has 0 aliphatic rings. The lowest BCUT2D eigenvalue weighted by Gasteiger charge is -1.83. The van der Waals surface area contributed by atoms with Gasteiger partial charge in [0.15, 0.2) is 0 Å². The van der Waals surface area contributed by atoms with Crippen LogP contribution in [0.3, 0.4) is 0 Å². The third-order valence-corrected chi connectivity index (χ3v) is 1.08. The molecule has 0 aromatic carbocycles. The van der Waals surface area contributed by atoms with Crippen LogP contribution in [0.15, 0.2) is 12.2 Å². The zero-order valence-corrected chi connectivity index (χ0v) is 8.43. The van der Waals surface area contributed by atoms with Crippen LogP contribution in [0.1, 0.15) is 39.5 Å². The van der Waals surface area contributed by atoms with Gasteiger partial charge in [0.1, 0.15) is 0 Å². The van der Waals surface area contributed by atoms with Gasteiger partial charge in [-0.05, 0) is 12.8 Å². The van der Waals surface area contributed by atoms with Crippen molar-refractivity contribution in [2.75, 3.05) is 0 Å². The lowest BCUT2D eigenvalue weighted by Crippen LogP contribution is -1.62. The molecule has 0 nitrogen and oxygen atoms in total. The third kappa shape index (κ3) is 15.8. The van der Waals surface area contributed by atoms with Crippen molar-refractivity contribution in [2.24, 2.45) is 0 Å². The van der Waals surface area contributed by atoms with E-state index in [2.05, 4.69) is 26.0 Å². The molecule has 0 aliphatic heterocycles. The van der Waals surface area contributed by atoms with Gasteiger partial charge in [-0.2, -0.15) is 0 Å². The van der Waals surface area contributed by atoms with Crippen LogP contribution < -0.4 is 0 Å². The minimum atomic E-state index is 0. The fraction of sp³-hybridized carbons (Fsp3) is 0.750. The number of rotatable bonds is 4. The van der Waals surface area contributed by atoms with E-state index in [4.69, 9.17) is 0 Å². The molecule has 0 unspecified atom stereocenters. The normalized spacial score (nSPS) is 8.60. The van der Waals surface area contributed by atoms with Crippen LogP contribution >= 0.6 is 24.8 Å². The Morgan fingerprint density at radius 3 is 1.30 bits per heavy atom. The van der Waals surface area contributed by atoms with E-state index < -0.39 is 0 Å². The molecule has 64 valence electrons. The summed E-state index contributed by atoms with van der Waals surface area (Å²) in [4.78, 5) is 0. The highest BCUT2D eigenvalue weighted by molar-refractivity contribution is 5.85. The molecule has 10 heavy (non-hydrogen) atoms. The Morgan fingerprint density at radius 1 is 0.800 bits per heavy atom. The van der Waals surface area contributed by atoms with Gasteiger partial charge in [-0.1, -0.05) is 38.8 Å². The first-order chi connectivity index (χ1) is 3.91. The highest BCUT2D eigenvalue weighted by atomic mass is 35.5. The molecule has 0 spiro atoms. The average Bonchev–Trinajstić information content (AvgIpc) is 1.81. The molecular formula is C8H18Cl2. The molecule has 0 N–H and O–H groups in total. The number of allylic oxidation sites excluding steroid dienone is 2. The van der Waals surface area contributed by atoms with Gasteiger partial charge in [-0.3, -0.25) is 0 Å². The van der Waals surface area contributed by atoms with E-state index in [1.54, 1.807) is 0 Å². The van der Waals surface area contributed by atoms with Crippen LogP contribution in [0.25, 0.3) is 0 Å². The Labute approximate surface area is 76.9 Å². The second-order valence-corrected chi connectivity index (χ2v) is 2.05. The highest BCUT2D eigenvalue weighted by Crippen LogP contribution is 1.92. The van der Waals surface area contributed by atoms with Crippen molar-refractivity contribution < 1.29 is 0 Å². The Hall–Kier alpha value is 0.320. The maximum Gasteiger partial charge on any atom is -0.0353 e. The lowest BCUT2D eigenvalue weighted by molar-refractivity contribution is 0.921. The molecule has 0 amide bonds. The van der Waals surface area contributed by atoms with Gasteiger partial charge in [0.2, 0.25) is 0 Å². The molecular weight excluding hydrogens is 167 g/mol. The summed E-state index contributed by atoms with van der Waals surface area (Å²) in [5, 5.41) is 0. The molecule has 0 heterocycles. The fourth-order valence-electron chi connectivity index (χ4n) is 0.569. The first-order valence-electron chi connectivity index (χ1n) is 3.56. The summed E-state index contributed by atoms with van der Waals surface area (Å²) in [6, 6.07) is 0. The number of hydrogen-bond acceptors (Lipinski definition) is 0. The summed E-state index contributed by atoms with van der Waals surface area (Å²) < 4.78 is 0. The van der Waals surface area contributed by atoms with Gasteiger partial charge in [-0.25, -0.2) is 0 Å². The predicted octanol–water partition coefficient (Wildman–Crippen LogP) is 3.99. The molecule has 0 saturated heterocycles. The van der Waals surface area contributed by atoms with Crippen LogP contribution in [0, 0.1) is 0 Å². The minimum Gasteiger partial charge on any atom is -0.147 e. The molecule has 0 rings (SSSR count). The van der Waals surface area contributed by atoms with E-state index >= 15 is 0 Å². The van der Waals surface area contributed by atoms with Gasteiger partial charge in [0, 0.05) is 0 Å². The largest absolute Gasteiger partial charge is 0.147 e. The summed E-state index contributed by atoms with van der Waals surface area (Å²) in [5.74, 6) is 0. The van der Waals surface area contributed by atoms with E-state index in [0.717, 1.165) is 0 Å². The summed E-state index contributed by atoms with van der Waals surface area (Å²) in [6.07, 6.45) is 9.59. The van der Waals surface area contributed by atoms with Gasteiger partial charge in [0.25, 0.3) is 0 Å². The number of halogens is 2. The summed E-state index contributed by atoms with van der Waals surface area (Å²) >= 11 is 0. The molecule has 0 aromatic heterocycles. The van der Waals surface area contributed by atoms with E-state index in [1.165, 1.54) is 25.7 Å². The minimum absolute atomic E-state index is 0. The number of hydrogen-bond donors (Lipinski definition) is 0. The third-order valence-electron chi connectivity index (χ3n) is 1.08. The topological polar surface area (TPSA) is 0 Å². The van der Waals surface area contributed by atoms with Crippen LogP contribution in [0.4, 0.5) is 0 Å². The van der Waals surface area contributed by atoms with Crippen LogP contribution in [0.2, 0.25) is 0 Å². The Bertz CT molecular complexity index is 52.3. The van der Waals surface area contributed by atoms with E-state index in [0.29, 0.717) is 0 Å². The van der Waals surface area contributed by atoms with Crippen molar-refractivity contribution in [1.82, 2.24) is 0 Å². The quantitative estimate of drug-likeness (QED) is 0.581. The summed E-state index contributed by atoms with van der Waals surface area (Å²) in [6.45, 7) is 4.41. The molecule has 0 radical (unpaired) electrons. The van der Waals surface area contributed by atoms with Crippen molar-refractivity contribution in [2.45, 2.75) is 39.5 Å². The van der Waals surface area contributed by atoms with E-state index in [1.807, 2.05) is 0 Å². The van der Waals surface area contributed by atoms with Crippen molar-refractivity contribution in [3.05, 3.63) is 12.2 Å². The van der Waals surface area contributed by atoms with Gasteiger partial charge < -0.3 is 0 Å². The SMILES string of the molecule is CCC/C=C/CCC.Cl.Cl. The highest BCUT2D eigenvalue weighted by Gasteiger charge is 1.72. The monoisotopic (exact) mass is 184 g/mol. The molecule has 0 saturated carbocycles. The smallest absolute Gasteiger partial charge is 0.0353 e. The zero-order valence-electron chi connectivity index (χ0n) is 6.80. The molecule has 0 bridgehead atoms. The number of unbranched alkanes of at least 4 members (excludes halogenated alkanes) is 2. The lowest BCUT2D eigenvalue weighted by atomic mass is 10.2. The van der Waals surface area contributed by atoms with Crippen molar-refractivity contribution >= 4 is 24.8 Å². The first kappa shape index (κ1) is 16.7. The van der Waals surface area contributed by atoms with Crippen molar-refractivity contribution in [3.63, 3.8) is 0 Å². The molecule has 0 aliphatic carbocycles. The molecule has 0 atom stereocenters. The van der Waals surface area contributed by atoms with Gasteiger partial charge in [0.05, 0.1) is 0 Å². The van der Waals surface area contributed by atoms with E-state index in [-0.39, 0.29) is 24.8 Å². The Balaban J connectivity index is -0.000000245. The maximum absolute atomic E-state index is 2.27. The van der Waals surface area contributed by atoms with Crippen LogP contribution in [0.5, 0.6) is 0 Å². The van der Waals surface area contributed by atoms with Crippen molar-refractivity contribution in [3.8, 4) is 0 Å². The van der Waals surface area contributed by atoms with Gasteiger partial charge in [-0.15, -0.1) is 24.8 Å². The first-order valence-corrected chi connectivity index (χ1v) is 3.56. The fourth-order valence-corrected chi connectivity index (χ4v) is 0.569. The van der Waals surface area contributed by atoms with Gasteiger partial charge >= 0.3 is 0 Å². The second-order valence-electron chi connectivity index (χ2n) is 2.05. The standard InChI is InChI=1S/C8H16.2ClH/c1-3-5-7-8-6-4-2;;/h7-8H,3-6H2,1-2H3;2*1H/b8-7+;;. The average molecular weight is 185 g/mol. The molecule has 0 fully saturated rings. The van der Waals surface area contributed by atoms with Crippen LogP contribution in [-0.4, -0.2) is 0 Å². The van der Waals surface area contributed by atoms with E-state index in [9.17, 15) is 0 Å². The summed E-state index contributed by atoms with van der Waals surface area (Å²) in [7, 11) is 0. The molecule has 2 heteroatoms. The Morgan fingerprint density at radius 2 is 1.10 bits per heavy atom. The van der Waals surface area contributed by atoms with Crippen molar-refractivity contribution in [1.29, 1.82) is 0 Å². The zero-order chi connectivity index (χ0) is 6.24. The summed E-state index contributed by atoms with van der Waals surface area (Å²) in [5.41, 5.74) is 0. The van der Waals surface area contributed by atoms with Crippen LogP contribution in [-0.2, 0) is 0 Å². The predicted molar refractivity (Wildman–Crippen MR) is 53.5 cm³/mol. The second kappa shape index (κ2) is 16.2. The maximum atomic E-state index is 2.27. The Kier molecular flexibility index (Phi) is 27.0.